The zero-order valence-electron chi connectivity index (χ0n) is 30.4. The molecule has 1 unspecified atom stereocenters. The highest BCUT2D eigenvalue weighted by atomic mass is 19.4. The van der Waals surface area contributed by atoms with Gasteiger partial charge in [-0.3, -0.25) is 9.69 Å². The first-order valence-corrected chi connectivity index (χ1v) is 17.6. The van der Waals surface area contributed by atoms with Gasteiger partial charge in [-0.1, -0.05) is 39.8 Å². The van der Waals surface area contributed by atoms with Crippen LogP contribution in [-0.2, 0) is 17.5 Å². The molecule has 8 nitrogen and oxygen atoms in total. The van der Waals surface area contributed by atoms with Crippen molar-refractivity contribution in [1.29, 1.82) is 0 Å². The lowest BCUT2D eigenvalue weighted by atomic mass is 9.90. The minimum absolute atomic E-state index is 0.0539. The van der Waals surface area contributed by atoms with Gasteiger partial charge in [0.15, 0.2) is 0 Å². The molecule has 17 heteroatoms. The van der Waals surface area contributed by atoms with Gasteiger partial charge in [0, 0.05) is 51.3 Å². The van der Waals surface area contributed by atoms with Crippen molar-refractivity contribution in [2.45, 2.75) is 104 Å². The minimum atomic E-state index is -5.10. The highest BCUT2D eigenvalue weighted by Crippen LogP contribution is 2.37. The number of amides is 1. The van der Waals surface area contributed by atoms with Gasteiger partial charge < -0.3 is 15.5 Å². The van der Waals surface area contributed by atoms with E-state index in [0.717, 1.165) is 50.0 Å². The number of likely N-dealkylation sites (tertiary alicyclic amines) is 2. The standard InChI is InChI=1S/C33H46F9N7O.C2H6/c1-4-24(31(34,35)36)19-25(32(37,38)39)8-6-15-49(30(43)45-46(3)44)21-23-18-26(33(40,41)42)10-11-27(23)28(5-2)47-16-12-22(13-17-47)20-48-14-7-9-29(48)50;1-2/h8,10-11,18-19,22,28H,4-7,9,12-17,20-21,44H2,1-3H3,(H2,43,45);1-2H3/b24-19+,25-8+;. The number of halogens is 9. The molecule has 4 N–H and O–H groups in total. The number of hydrogen-bond donors (Lipinski definition) is 2. The molecule has 3 rings (SSSR count). The number of nitrogens with two attached hydrogens (primary N) is 2. The molecule has 1 atom stereocenters. The zero-order chi connectivity index (χ0) is 39.4. The maximum Gasteiger partial charge on any atom is 0.416 e. The number of hydrazone groups is 1. The third-order valence-electron chi connectivity index (χ3n) is 9.07. The van der Waals surface area contributed by atoms with Crippen LogP contribution < -0.4 is 11.6 Å². The highest BCUT2D eigenvalue weighted by Gasteiger charge is 2.38. The normalized spacial score (nSPS) is 18.0. The molecule has 0 aromatic heterocycles. The van der Waals surface area contributed by atoms with Gasteiger partial charge in [0.1, 0.15) is 0 Å². The van der Waals surface area contributed by atoms with Gasteiger partial charge in [0.25, 0.3) is 0 Å². The fourth-order valence-electron chi connectivity index (χ4n) is 6.48. The molecule has 0 spiro atoms. The van der Waals surface area contributed by atoms with Gasteiger partial charge in [-0.2, -0.15) is 39.5 Å². The van der Waals surface area contributed by atoms with Crippen molar-refractivity contribution >= 4 is 11.9 Å². The molecule has 0 radical (unpaired) electrons. The molecule has 1 aromatic rings. The zero-order valence-corrected chi connectivity index (χ0v) is 30.4. The molecule has 2 heterocycles. The van der Waals surface area contributed by atoms with Gasteiger partial charge in [0.05, 0.1) is 11.1 Å². The second-order valence-corrected chi connectivity index (χ2v) is 12.7. The molecule has 1 amide bonds. The smallest absolute Gasteiger partial charge is 0.368 e. The van der Waals surface area contributed by atoms with Gasteiger partial charge in [-0.05, 0) is 86.9 Å². The van der Waals surface area contributed by atoms with Crippen LogP contribution in [0.5, 0.6) is 0 Å². The molecule has 2 aliphatic heterocycles. The number of allylic oxidation sites excluding steroid dienone is 3. The van der Waals surface area contributed by atoms with E-state index in [2.05, 4.69) is 10.0 Å². The molecular weight excluding hydrogens is 705 g/mol. The van der Waals surface area contributed by atoms with Crippen LogP contribution >= 0.6 is 0 Å². The summed E-state index contributed by atoms with van der Waals surface area (Å²) < 4.78 is 123. The van der Waals surface area contributed by atoms with Crippen LogP contribution in [-0.4, -0.2) is 83.8 Å². The predicted octanol–water partition coefficient (Wildman–Crippen LogP) is 8.13. The SMILES string of the molecule is CC.CC/C(=C\C(=C/CCN(Cc1cc(C(F)(F)F)ccc1C(CC)N1CCC(CN2CCCC2=O)CC1)/C(N)=N/N(C)N)C(F)(F)F)C(F)(F)F. The molecule has 0 saturated carbocycles. The van der Waals surface area contributed by atoms with Crippen molar-refractivity contribution in [2.75, 3.05) is 39.8 Å². The monoisotopic (exact) mass is 757 g/mol. The van der Waals surface area contributed by atoms with E-state index < -0.39 is 48.1 Å². The van der Waals surface area contributed by atoms with E-state index in [1.54, 1.807) is 0 Å². The predicted molar refractivity (Wildman–Crippen MR) is 183 cm³/mol. The minimum Gasteiger partial charge on any atom is -0.368 e. The van der Waals surface area contributed by atoms with E-state index in [9.17, 15) is 44.3 Å². The number of alkyl halides is 9. The fourth-order valence-corrected chi connectivity index (χ4v) is 6.48. The highest BCUT2D eigenvalue weighted by molar-refractivity contribution is 5.78. The lowest BCUT2D eigenvalue weighted by Gasteiger charge is -2.39. The lowest BCUT2D eigenvalue weighted by molar-refractivity contribution is -0.137. The Balaban J connectivity index is 0.00000460. The van der Waals surface area contributed by atoms with Crippen molar-refractivity contribution in [2.24, 2.45) is 22.6 Å². The summed E-state index contributed by atoms with van der Waals surface area (Å²) in [6.45, 7) is 9.06. The summed E-state index contributed by atoms with van der Waals surface area (Å²) in [4.78, 5) is 17.4. The van der Waals surface area contributed by atoms with Crippen LogP contribution in [0, 0.1) is 5.92 Å². The molecule has 2 saturated heterocycles. The van der Waals surface area contributed by atoms with Crippen LogP contribution in [0.25, 0.3) is 0 Å². The topological polar surface area (TPSA) is 94.4 Å². The number of hydrogen-bond acceptors (Lipinski definition) is 5. The van der Waals surface area contributed by atoms with Crippen molar-refractivity contribution in [3.8, 4) is 0 Å². The van der Waals surface area contributed by atoms with Gasteiger partial charge in [0.2, 0.25) is 11.9 Å². The van der Waals surface area contributed by atoms with E-state index in [1.165, 1.54) is 18.0 Å². The Bertz CT molecular complexity index is 1380. The number of nitrogens with zero attached hydrogens (tertiary/aromatic N) is 5. The number of rotatable bonds is 13. The summed E-state index contributed by atoms with van der Waals surface area (Å²) in [6.07, 6.45) is -11.8. The van der Waals surface area contributed by atoms with E-state index in [1.807, 2.05) is 25.7 Å². The largest absolute Gasteiger partial charge is 0.416 e. The molecular formula is C35H52F9N7O. The Morgan fingerprint density at radius 2 is 1.65 bits per heavy atom. The number of piperidine rings is 1. The second kappa shape index (κ2) is 19.6. The summed E-state index contributed by atoms with van der Waals surface area (Å²) in [7, 11) is 1.31. The van der Waals surface area contributed by atoms with Crippen molar-refractivity contribution < 1.29 is 44.3 Å². The van der Waals surface area contributed by atoms with Crippen molar-refractivity contribution in [3.63, 3.8) is 0 Å². The van der Waals surface area contributed by atoms with E-state index in [0.29, 0.717) is 50.0 Å². The number of guanidine groups is 1. The fraction of sp³-hybridized carbons (Fsp3) is 0.657. The Morgan fingerprint density at radius 1 is 1.02 bits per heavy atom. The first-order valence-electron chi connectivity index (χ1n) is 17.6. The average molecular weight is 758 g/mol. The number of benzene rings is 1. The Labute approximate surface area is 300 Å². The van der Waals surface area contributed by atoms with Gasteiger partial charge in [-0.25, -0.2) is 11.0 Å². The van der Waals surface area contributed by atoms with Crippen molar-refractivity contribution in [1.82, 2.24) is 19.8 Å². The summed E-state index contributed by atoms with van der Waals surface area (Å²) >= 11 is 0. The number of hydrazine groups is 1. The molecule has 2 aliphatic rings. The quantitative estimate of drug-likeness (QED) is 0.0528. The van der Waals surface area contributed by atoms with E-state index in [4.69, 9.17) is 11.6 Å². The lowest BCUT2D eigenvalue weighted by Crippen LogP contribution is -2.42. The van der Waals surface area contributed by atoms with Crippen LogP contribution in [0.2, 0.25) is 0 Å². The second-order valence-electron chi connectivity index (χ2n) is 12.7. The molecule has 2 fully saturated rings. The maximum atomic E-state index is 13.9. The number of carbonyl (C=O) groups excluding carboxylic acids is 1. The van der Waals surface area contributed by atoms with Crippen LogP contribution in [0.3, 0.4) is 0 Å². The Morgan fingerprint density at radius 3 is 2.13 bits per heavy atom. The maximum absolute atomic E-state index is 13.9. The molecule has 0 aliphatic carbocycles. The average Bonchev–Trinajstić information content (AvgIpc) is 3.46. The first kappa shape index (κ1) is 44.7. The molecule has 0 bridgehead atoms. The van der Waals surface area contributed by atoms with E-state index in [-0.39, 0.29) is 42.6 Å². The number of carbonyl (C=O) groups is 1. The molecule has 296 valence electrons. The molecule has 1 aromatic carbocycles. The third kappa shape index (κ3) is 13.2. The first-order chi connectivity index (χ1) is 24.2. The van der Waals surface area contributed by atoms with Crippen LogP contribution in [0.1, 0.15) is 95.4 Å². The van der Waals surface area contributed by atoms with Gasteiger partial charge >= 0.3 is 18.5 Å². The van der Waals surface area contributed by atoms with Gasteiger partial charge in [-0.15, -0.1) is 5.10 Å². The Hall–Kier alpha value is -3.47. The molecule has 52 heavy (non-hydrogen) atoms. The summed E-state index contributed by atoms with van der Waals surface area (Å²) in [5.41, 5.74) is 3.10. The Kier molecular flexibility index (Phi) is 16.8. The van der Waals surface area contributed by atoms with Crippen LogP contribution in [0.15, 0.2) is 46.6 Å². The summed E-state index contributed by atoms with van der Waals surface area (Å²) in [6, 6.07) is 3.06. The summed E-state index contributed by atoms with van der Waals surface area (Å²) in [5.74, 6) is 5.74. The summed E-state index contributed by atoms with van der Waals surface area (Å²) in [5, 5.41) is 4.71. The van der Waals surface area contributed by atoms with E-state index >= 15 is 0 Å². The third-order valence-corrected chi connectivity index (χ3v) is 9.07. The van der Waals surface area contributed by atoms with Crippen LogP contribution in [0.4, 0.5) is 39.5 Å². The van der Waals surface area contributed by atoms with Crippen molar-refractivity contribution in [3.05, 3.63) is 58.2 Å².